The number of benzene rings is 1. The Balaban J connectivity index is 1.70. The maximum absolute atomic E-state index is 12.2. The third kappa shape index (κ3) is 2.81. The zero-order valence-corrected chi connectivity index (χ0v) is 12.8. The normalized spacial score (nSPS) is 14.1. The lowest BCUT2D eigenvalue weighted by atomic mass is 10.1. The molecule has 0 spiro atoms. The van der Waals surface area contributed by atoms with E-state index in [0.717, 1.165) is 36.5 Å². The van der Waals surface area contributed by atoms with Crippen molar-refractivity contribution in [3.63, 3.8) is 0 Å². The summed E-state index contributed by atoms with van der Waals surface area (Å²) < 4.78 is 2.08. The van der Waals surface area contributed by atoms with E-state index in [1.165, 1.54) is 0 Å². The van der Waals surface area contributed by atoms with Crippen LogP contribution in [0.15, 0.2) is 18.2 Å². The van der Waals surface area contributed by atoms with E-state index in [2.05, 4.69) is 20.1 Å². The number of aryl methyl sites for hydroxylation is 2. The second-order valence-electron chi connectivity index (χ2n) is 5.65. The summed E-state index contributed by atoms with van der Waals surface area (Å²) in [5.74, 6) is 1.35. The highest BCUT2D eigenvalue weighted by atomic mass is 16.3. The minimum absolute atomic E-state index is 0.0108. The molecule has 1 aliphatic carbocycles. The van der Waals surface area contributed by atoms with Gasteiger partial charge in [0.2, 0.25) is 0 Å². The maximum atomic E-state index is 12.2. The molecule has 0 bridgehead atoms. The summed E-state index contributed by atoms with van der Waals surface area (Å²) in [5.41, 5.74) is 1.28. The SMILES string of the molecule is CCc1ccc(C(=O)NCc2nnc(C)n2C2CC2)c(O)c1. The predicted molar refractivity (Wildman–Crippen MR) is 81.7 cm³/mol. The quantitative estimate of drug-likeness (QED) is 0.886. The van der Waals surface area contributed by atoms with Crippen LogP contribution in [-0.4, -0.2) is 25.8 Å². The molecule has 0 radical (unpaired) electrons. The molecule has 0 atom stereocenters. The number of amides is 1. The molecular weight excluding hydrogens is 280 g/mol. The van der Waals surface area contributed by atoms with Crippen molar-refractivity contribution in [2.75, 3.05) is 0 Å². The Morgan fingerprint density at radius 2 is 2.18 bits per heavy atom. The first kappa shape index (κ1) is 14.6. The lowest BCUT2D eigenvalue weighted by molar-refractivity contribution is 0.0946. The number of aromatic nitrogens is 3. The van der Waals surface area contributed by atoms with Crippen molar-refractivity contribution in [1.82, 2.24) is 20.1 Å². The second-order valence-corrected chi connectivity index (χ2v) is 5.65. The Bertz CT molecular complexity index is 704. The zero-order chi connectivity index (χ0) is 15.7. The van der Waals surface area contributed by atoms with E-state index < -0.39 is 0 Å². The Morgan fingerprint density at radius 1 is 1.41 bits per heavy atom. The van der Waals surface area contributed by atoms with E-state index in [9.17, 15) is 9.90 Å². The molecule has 1 amide bonds. The van der Waals surface area contributed by atoms with Crippen LogP contribution < -0.4 is 5.32 Å². The van der Waals surface area contributed by atoms with Gasteiger partial charge in [0.05, 0.1) is 12.1 Å². The highest BCUT2D eigenvalue weighted by Gasteiger charge is 2.28. The summed E-state index contributed by atoms with van der Waals surface area (Å²) in [5, 5.41) is 21.0. The van der Waals surface area contributed by atoms with Crippen LogP contribution in [0.25, 0.3) is 0 Å². The lowest BCUT2D eigenvalue weighted by Crippen LogP contribution is -2.25. The van der Waals surface area contributed by atoms with E-state index in [1.54, 1.807) is 12.1 Å². The van der Waals surface area contributed by atoms with Crippen LogP contribution in [0.1, 0.15) is 53.4 Å². The van der Waals surface area contributed by atoms with Gasteiger partial charge in [0.1, 0.15) is 11.6 Å². The summed E-state index contributed by atoms with van der Waals surface area (Å²) in [6.07, 6.45) is 3.09. The first-order valence-electron chi connectivity index (χ1n) is 7.60. The van der Waals surface area contributed by atoms with Crippen LogP contribution in [0.4, 0.5) is 0 Å². The van der Waals surface area contributed by atoms with Crippen molar-refractivity contribution in [2.24, 2.45) is 0 Å². The van der Waals surface area contributed by atoms with Gasteiger partial charge in [-0.3, -0.25) is 4.79 Å². The number of carbonyl (C=O) groups excluding carboxylic acids is 1. The van der Waals surface area contributed by atoms with Gasteiger partial charge in [0.25, 0.3) is 5.91 Å². The van der Waals surface area contributed by atoms with Crippen LogP contribution >= 0.6 is 0 Å². The van der Waals surface area contributed by atoms with Crippen molar-refractivity contribution in [2.45, 2.75) is 45.7 Å². The van der Waals surface area contributed by atoms with E-state index in [0.29, 0.717) is 12.6 Å². The molecule has 6 heteroatoms. The topological polar surface area (TPSA) is 80.0 Å². The van der Waals surface area contributed by atoms with Gasteiger partial charge < -0.3 is 15.0 Å². The highest BCUT2D eigenvalue weighted by Crippen LogP contribution is 2.36. The molecule has 1 heterocycles. The van der Waals surface area contributed by atoms with Crippen molar-refractivity contribution in [3.05, 3.63) is 41.0 Å². The van der Waals surface area contributed by atoms with Gasteiger partial charge in [-0.05, 0) is 43.9 Å². The minimum Gasteiger partial charge on any atom is -0.507 e. The molecule has 2 N–H and O–H groups in total. The molecule has 3 rings (SSSR count). The number of rotatable bonds is 5. The van der Waals surface area contributed by atoms with Crippen molar-refractivity contribution >= 4 is 5.91 Å². The van der Waals surface area contributed by atoms with Crippen LogP contribution in [0.2, 0.25) is 0 Å². The standard InChI is InChI=1S/C16H20N4O2/c1-3-11-4-7-13(14(21)8-11)16(22)17-9-15-19-18-10(2)20(15)12-5-6-12/h4,7-8,12,21H,3,5-6,9H2,1-2H3,(H,17,22). The molecule has 0 aliphatic heterocycles. The molecule has 6 nitrogen and oxygen atoms in total. The minimum atomic E-state index is -0.303. The Morgan fingerprint density at radius 3 is 2.82 bits per heavy atom. The fourth-order valence-corrected chi connectivity index (χ4v) is 2.59. The molecule has 1 fully saturated rings. The van der Waals surface area contributed by atoms with Gasteiger partial charge in [-0.25, -0.2) is 0 Å². The molecular formula is C16H20N4O2. The van der Waals surface area contributed by atoms with Gasteiger partial charge in [0.15, 0.2) is 5.82 Å². The van der Waals surface area contributed by atoms with Crippen LogP contribution in [0.5, 0.6) is 5.75 Å². The molecule has 22 heavy (non-hydrogen) atoms. The Hall–Kier alpha value is -2.37. The lowest BCUT2D eigenvalue weighted by Gasteiger charge is -2.09. The molecule has 1 aromatic carbocycles. The number of hydrogen-bond donors (Lipinski definition) is 2. The number of carbonyl (C=O) groups is 1. The fourth-order valence-electron chi connectivity index (χ4n) is 2.59. The molecule has 0 saturated heterocycles. The monoisotopic (exact) mass is 300 g/mol. The van der Waals surface area contributed by atoms with Gasteiger partial charge in [0, 0.05) is 6.04 Å². The first-order chi connectivity index (χ1) is 10.6. The molecule has 1 saturated carbocycles. The maximum Gasteiger partial charge on any atom is 0.255 e. The van der Waals surface area contributed by atoms with Gasteiger partial charge in [-0.2, -0.15) is 0 Å². The molecule has 1 aromatic heterocycles. The fraction of sp³-hybridized carbons (Fsp3) is 0.438. The second kappa shape index (κ2) is 5.79. The smallest absolute Gasteiger partial charge is 0.255 e. The third-order valence-electron chi connectivity index (χ3n) is 3.97. The van der Waals surface area contributed by atoms with Crippen LogP contribution in [-0.2, 0) is 13.0 Å². The van der Waals surface area contributed by atoms with Crippen LogP contribution in [0.3, 0.4) is 0 Å². The van der Waals surface area contributed by atoms with Crippen molar-refractivity contribution in [3.8, 4) is 5.75 Å². The number of aromatic hydroxyl groups is 1. The van der Waals surface area contributed by atoms with E-state index in [-0.39, 0.29) is 17.2 Å². The predicted octanol–water partition coefficient (Wildman–Crippen LogP) is 2.12. The zero-order valence-electron chi connectivity index (χ0n) is 12.8. The molecule has 116 valence electrons. The molecule has 0 unspecified atom stereocenters. The van der Waals surface area contributed by atoms with E-state index in [4.69, 9.17) is 0 Å². The number of hydrogen-bond acceptors (Lipinski definition) is 4. The summed E-state index contributed by atoms with van der Waals surface area (Å²) in [6, 6.07) is 5.61. The summed E-state index contributed by atoms with van der Waals surface area (Å²) >= 11 is 0. The Labute approximate surface area is 129 Å². The van der Waals surface area contributed by atoms with Gasteiger partial charge >= 0.3 is 0 Å². The highest BCUT2D eigenvalue weighted by molar-refractivity contribution is 5.96. The average molecular weight is 300 g/mol. The van der Waals surface area contributed by atoms with Crippen LogP contribution in [0, 0.1) is 6.92 Å². The van der Waals surface area contributed by atoms with Gasteiger partial charge in [-0.1, -0.05) is 13.0 Å². The van der Waals surface area contributed by atoms with E-state index in [1.807, 2.05) is 19.9 Å². The number of phenols is 1. The Kier molecular flexibility index (Phi) is 3.83. The summed E-state index contributed by atoms with van der Waals surface area (Å²) in [4.78, 5) is 12.2. The first-order valence-corrected chi connectivity index (χ1v) is 7.60. The van der Waals surface area contributed by atoms with E-state index >= 15 is 0 Å². The summed E-state index contributed by atoms with van der Waals surface area (Å²) in [7, 11) is 0. The summed E-state index contributed by atoms with van der Waals surface area (Å²) in [6.45, 7) is 4.23. The molecule has 2 aromatic rings. The third-order valence-corrected chi connectivity index (χ3v) is 3.97. The van der Waals surface area contributed by atoms with Crippen molar-refractivity contribution in [1.29, 1.82) is 0 Å². The largest absolute Gasteiger partial charge is 0.507 e. The number of phenolic OH excluding ortho intramolecular Hbond substituents is 1. The van der Waals surface area contributed by atoms with Crippen molar-refractivity contribution < 1.29 is 9.90 Å². The number of nitrogens with one attached hydrogen (secondary N) is 1. The molecule has 1 aliphatic rings. The average Bonchev–Trinajstić information content (AvgIpc) is 3.28. The van der Waals surface area contributed by atoms with Gasteiger partial charge in [-0.15, -0.1) is 10.2 Å². The number of nitrogens with zero attached hydrogens (tertiary/aromatic N) is 3.